The number of hydrogen-bond donors (Lipinski definition) is 1. The summed E-state index contributed by atoms with van der Waals surface area (Å²) in [6.45, 7) is 4.54. The molecule has 0 spiro atoms. The van der Waals surface area contributed by atoms with E-state index in [2.05, 4.69) is 5.32 Å². The van der Waals surface area contributed by atoms with E-state index in [-0.39, 0.29) is 12.5 Å². The Balaban J connectivity index is 1.81. The highest BCUT2D eigenvalue weighted by atomic mass is 35.5. The molecule has 1 amide bonds. The summed E-state index contributed by atoms with van der Waals surface area (Å²) in [7, 11) is 0. The molecule has 0 aromatic heterocycles. The van der Waals surface area contributed by atoms with Crippen LogP contribution in [0.15, 0.2) is 54.6 Å². The van der Waals surface area contributed by atoms with Crippen molar-refractivity contribution < 1.29 is 14.3 Å². The molecule has 0 radical (unpaired) electrons. The Labute approximate surface area is 190 Å². The molecule has 0 unspecified atom stereocenters. The molecule has 0 heterocycles. The number of benzene rings is 3. The van der Waals surface area contributed by atoms with Crippen LogP contribution in [0.3, 0.4) is 0 Å². The summed E-state index contributed by atoms with van der Waals surface area (Å²) in [6, 6.07) is 15.5. The van der Waals surface area contributed by atoms with Crippen LogP contribution >= 0.6 is 34.8 Å². The third-order valence-electron chi connectivity index (χ3n) is 4.32. The second-order valence-corrected chi connectivity index (χ2v) is 7.78. The number of anilines is 1. The van der Waals surface area contributed by atoms with Crippen LogP contribution in [0.4, 0.5) is 5.69 Å². The van der Waals surface area contributed by atoms with Crippen molar-refractivity contribution in [2.75, 3.05) is 11.9 Å². The fourth-order valence-electron chi connectivity index (χ4n) is 2.79. The maximum Gasteiger partial charge on any atom is 0.255 e. The van der Waals surface area contributed by atoms with Gasteiger partial charge in [0.2, 0.25) is 0 Å². The first kappa shape index (κ1) is 22.3. The Hall–Kier alpha value is -2.40. The Morgan fingerprint density at radius 1 is 0.933 bits per heavy atom. The van der Waals surface area contributed by atoms with Gasteiger partial charge in [-0.2, -0.15) is 0 Å². The van der Waals surface area contributed by atoms with Crippen molar-refractivity contribution in [3.05, 3.63) is 86.4 Å². The van der Waals surface area contributed by atoms with E-state index in [4.69, 9.17) is 44.3 Å². The lowest BCUT2D eigenvalue weighted by atomic mass is 10.1. The molecule has 0 aliphatic rings. The summed E-state index contributed by atoms with van der Waals surface area (Å²) in [4.78, 5) is 12.7. The normalized spacial score (nSPS) is 10.6. The largest absolute Gasteiger partial charge is 0.493 e. The Bertz CT molecular complexity index is 1070. The van der Waals surface area contributed by atoms with Crippen LogP contribution in [0.1, 0.15) is 28.4 Å². The van der Waals surface area contributed by atoms with Crippen molar-refractivity contribution in [2.24, 2.45) is 0 Å². The number of nitrogens with one attached hydrogen (secondary N) is 1. The van der Waals surface area contributed by atoms with Gasteiger partial charge in [0.15, 0.2) is 0 Å². The molecule has 1 N–H and O–H groups in total. The fourth-order valence-corrected chi connectivity index (χ4v) is 3.24. The molecule has 0 aliphatic heterocycles. The number of carbonyl (C=O) groups is 1. The molecule has 30 heavy (non-hydrogen) atoms. The maximum absolute atomic E-state index is 12.7. The molecule has 4 nitrogen and oxygen atoms in total. The minimum Gasteiger partial charge on any atom is -0.493 e. The first-order chi connectivity index (χ1) is 14.4. The first-order valence-electron chi connectivity index (χ1n) is 9.28. The molecule has 156 valence electrons. The van der Waals surface area contributed by atoms with Crippen LogP contribution in [0.2, 0.25) is 15.1 Å². The van der Waals surface area contributed by atoms with Gasteiger partial charge >= 0.3 is 0 Å². The lowest BCUT2D eigenvalue weighted by Gasteiger charge is -2.14. The molecule has 0 aliphatic carbocycles. The Morgan fingerprint density at radius 2 is 1.70 bits per heavy atom. The molecule has 0 bridgehead atoms. The first-order valence-corrected chi connectivity index (χ1v) is 10.4. The summed E-state index contributed by atoms with van der Waals surface area (Å²) in [6.07, 6.45) is 0. The SMILES string of the molecule is CCOc1ccc(C(=O)Nc2cc(Cl)ccc2Cl)cc1COc1ccc(Cl)c(C)c1. The minimum absolute atomic E-state index is 0.232. The van der Waals surface area contributed by atoms with E-state index in [0.29, 0.717) is 44.4 Å². The number of carbonyl (C=O) groups excluding carboxylic acids is 1. The third-order valence-corrected chi connectivity index (χ3v) is 5.31. The number of rotatable bonds is 7. The summed E-state index contributed by atoms with van der Waals surface area (Å²) in [5.41, 5.74) is 2.55. The molecular formula is C23H20Cl3NO3. The number of ether oxygens (including phenoxy) is 2. The second kappa shape index (κ2) is 10.1. The lowest BCUT2D eigenvalue weighted by Crippen LogP contribution is -2.13. The van der Waals surface area contributed by atoms with Gasteiger partial charge in [0, 0.05) is 21.2 Å². The summed E-state index contributed by atoms with van der Waals surface area (Å²) >= 11 is 18.2. The van der Waals surface area contributed by atoms with E-state index in [1.165, 1.54) is 0 Å². The molecule has 0 fully saturated rings. The lowest BCUT2D eigenvalue weighted by molar-refractivity contribution is 0.102. The highest BCUT2D eigenvalue weighted by molar-refractivity contribution is 6.36. The van der Waals surface area contributed by atoms with Gasteiger partial charge in [0.25, 0.3) is 5.91 Å². The van der Waals surface area contributed by atoms with Crippen molar-refractivity contribution in [3.8, 4) is 11.5 Å². The van der Waals surface area contributed by atoms with Gasteiger partial charge in [-0.3, -0.25) is 4.79 Å². The van der Waals surface area contributed by atoms with E-state index in [1.807, 2.05) is 19.9 Å². The zero-order chi connectivity index (χ0) is 21.7. The van der Waals surface area contributed by atoms with Gasteiger partial charge in [-0.05, 0) is 74.0 Å². The quantitative estimate of drug-likeness (QED) is 0.402. The molecule has 3 aromatic carbocycles. The standard InChI is InChI=1S/C23H20Cl3NO3/c1-3-29-22-9-4-15(23(28)27-21-12-17(24)5-7-20(21)26)11-16(22)13-30-18-6-8-19(25)14(2)10-18/h4-12H,3,13H2,1-2H3,(H,27,28). The average Bonchev–Trinajstić information content (AvgIpc) is 2.72. The summed E-state index contributed by atoms with van der Waals surface area (Å²) < 4.78 is 11.6. The van der Waals surface area contributed by atoms with Gasteiger partial charge in [0.05, 0.1) is 17.3 Å². The van der Waals surface area contributed by atoms with Crippen molar-refractivity contribution >= 4 is 46.4 Å². The highest BCUT2D eigenvalue weighted by Gasteiger charge is 2.13. The molecule has 0 atom stereocenters. The zero-order valence-corrected chi connectivity index (χ0v) is 18.7. The molecule has 3 rings (SSSR count). The van der Waals surface area contributed by atoms with E-state index < -0.39 is 0 Å². The topological polar surface area (TPSA) is 47.6 Å². The fraction of sp³-hybridized carbons (Fsp3) is 0.174. The predicted octanol–water partition coefficient (Wildman–Crippen LogP) is 7.19. The highest BCUT2D eigenvalue weighted by Crippen LogP contribution is 2.28. The third kappa shape index (κ3) is 5.60. The van der Waals surface area contributed by atoms with Gasteiger partial charge in [-0.25, -0.2) is 0 Å². The van der Waals surface area contributed by atoms with E-state index in [1.54, 1.807) is 48.5 Å². The van der Waals surface area contributed by atoms with Crippen LogP contribution in [-0.4, -0.2) is 12.5 Å². The number of hydrogen-bond acceptors (Lipinski definition) is 3. The second-order valence-electron chi connectivity index (χ2n) is 6.53. The summed E-state index contributed by atoms with van der Waals surface area (Å²) in [5, 5.41) is 4.34. The Morgan fingerprint density at radius 3 is 2.43 bits per heavy atom. The van der Waals surface area contributed by atoms with Crippen molar-refractivity contribution in [2.45, 2.75) is 20.5 Å². The van der Waals surface area contributed by atoms with Crippen LogP contribution in [0.5, 0.6) is 11.5 Å². The van der Waals surface area contributed by atoms with E-state index in [9.17, 15) is 4.79 Å². The minimum atomic E-state index is -0.314. The summed E-state index contributed by atoms with van der Waals surface area (Å²) in [5.74, 6) is 1.02. The monoisotopic (exact) mass is 463 g/mol. The zero-order valence-electron chi connectivity index (χ0n) is 16.5. The van der Waals surface area contributed by atoms with Crippen molar-refractivity contribution in [1.29, 1.82) is 0 Å². The van der Waals surface area contributed by atoms with Crippen molar-refractivity contribution in [3.63, 3.8) is 0 Å². The van der Waals surface area contributed by atoms with Crippen LogP contribution < -0.4 is 14.8 Å². The van der Waals surface area contributed by atoms with Crippen LogP contribution in [0.25, 0.3) is 0 Å². The number of aryl methyl sites for hydroxylation is 1. The van der Waals surface area contributed by atoms with Crippen molar-refractivity contribution in [1.82, 2.24) is 0 Å². The molecule has 0 saturated heterocycles. The molecule has 0 saturated carbocycles. The number of halogens is 3. The van der Waals surface area contributed by atoms with E-state index >= 15 is 0 Å². The molecule has 7 heteroatoms. The number of amides is 1. The van der Waals surface area contributed by atoms with Gasteiger partial charge in [-0.1, -0.05) is 34.8 Å². The molecular weight excluding hydrogens is 445 g/mol. The Kier molecular flexibility index (Phi) is 7.48. The van der Waals surface area contributed by atoms with Crippen LogP contribution in [0, 0.1) is 6.92 Å². The maximum atomic E-state index is 12.7. The molecule has 3 aromatic rings. The van der Waals surface area contributed by atoms with Gasteiger partial charge in [-0.15, -0.1) is 0 Å². The van der Waals surface area contributed by atoms with Crippen LogP contribution in [-0.2, 0) is 6.61 Å². The predicted molar refractivity (Wildman–Crippen MR) is 123 cm³/mol. The van der Waals surface area contributed by atoms with Gasteiger partial charge in [0.1, 0.15) is 18.1 Å². The van der Waals surface area contributed by atoms with Gasteiger partial charge < -0.3 is 14.8 Å². The smallest absolute Gasteiger partial charge is 0.255 e. The van der Waals surface area contributed by atoms with E-state index in [0.717, 1.165) is 11.1 Å². The average molecular weight is 465 g/mol.